The van der Waals surface area contributed by atoms with Crippen LogP contribution in [0.5, 0.6) is 17.2 Å². The van der Waals surface area contributed by atoms with Crippen LogP contribution in [0.4, 0.5) is 0 Å². The van der Waals surface area contributed by atoms with Crippen molar-refractivity contribution in [3.63, 3.8) is 0 Å². The summed E-state index contributed by atoms with van der Waals surface area (Å²) in [6.45, 7) is 4.13. The molecule has 48 heavy (non-hydrogen) atoms. The van der Waals surface area contributed by atoms with E-state index in [1.807, 2.05) is 30.0 Å². The highest BCUT2D eigenvalue weighted by Gasteiger charge is 2.40. The summed E-state index contributed by atoms with van der Waals surface area (Å²) in [5, 5.41) is 9.56. The van der Waals surface area contributed by atoms with Gasteiger partial charge in [-0.2, -0.15) is 0 Å². The number of hydrogen-bond donors (Lipinski definition) is 2. The van der Waals surface area contributed by atoms with Crippen LogP contribution in [0.2, 0.25) is 10.0 Å². The van der Waals surface area contributed by atoms with Gasteiger partial charge in [-0.1, -0.05) is 59.6 Å². The average molecular weight is 713 g/mol. The van der Waals surface area contributed by atoms with Crippen LogP contribution < -0.4 is 24.8 Å². The van der Waals surface area contributed by atoms with Crippen molar-refractivity contribution in [1.29, 1.82) is 0 Å². The Kier molecular flexibility index (Phi) is 12.0. The zero-order chi connectivity index (χ0) is 32.9. The third-order valence-electron chi connectivity index (χ3n) is 8.75. The number of piperidine rings is 1. The Balaban J connectivity index is 0.00000451. The highest BCUT2D eigenvalue weighted by Crippen LogP contribution is 2.36. The SMILES string of the molecule is COc1c(CN(C(=O)C2CNCC[C@@H]2NC(=O)c2ccc(OCCOc3c(Cl)cc(C)cc3Cl)cc2)C2CC2)ccc2ccccc12.Cl. The molecule has 2 N–H and O–H groups in total. The first-order valence-electron chi connectivity index (χ1n) is 16.0. The normalized spacial score (nSPS) is 17.2. The highest BCUT2D eigenvalue weighted by atomic mass is 35.5. The van der Waals surface area contributed by atoms with Crippen LogP contribution in [0.25, 0.3) is 10.8 Å². The molecule has 0 radical (unpaired) electrons. The van der Waals surface area contributed by atoms with Gasteiger partial charge in [0.1, 0.15) is 24.7 Å². The fourth-order valence-electron chi connectivity index (χ4n) is 6.20. The largest absolute Gasteiger partial charge is 0.496 e. The van der Waals surface area contributed by atoms with Crippen LogP contribution in [-0.2, 0) is 11.3 Å². The fourth-order valence-corrected chi connectivity index (χ4v) is 6.90. The van der Waals surface area contributed by atoms with Crippen molar-refractivity contribution >= 4 is 58.2 Å². The van der Waals surface area contributed by atoms with Gasteiger partial charge in [-0.3, -0.25) is 9.59 Å². The van der Waals surface area contributed by atoms with E-state index in [1.165, 1.54) is 0 Å². The first kappa shape index (κ1) is 35.6. The molecule has 6 rings (SSSR count). The molecule has 4 aromatic rings. The molecule has 0 spiro atoms. The van der Waals surface area contributed by atoms with Gasteiger partial charge in [0.15, 0.2) is 5.75 Å². The number of amides is 2. The minimum atomic E-state index is -0.377. The van der Waals surface area contributed by atoms with Gasteiger partial charge in [0.25, 0.3) is 5.91 Å². The van der Waals surface area contributed by atoms with E-state index in [9.17, 15) is 9.59 Å². The Morgan fingerprint density at radius 2 is 1.62 bits per heavy atom. The van der Waals surface area contributed by atoms with Gasteiger partial charge in [-0.05, 0) is 80.1 Å². The number of hydrogen-bond acceptors (Lipinski definition) is 6. The van der Waals surface area contributed by atoms with E-state index in [-0.39, 0.29) is 55.4 Å². The van der Waals surface area contributed by atoms with E-state index in [0.717, 1.165) is 47.0 Å². The molecule has 1 aliphatic carbocycles. The lowest BCUT2D eigenvalue weighted by atomic mass is 9.91. The standard InChI is InChI=1S/C37H39Cl2N3O5.ClH/c1-23-19-31(38)35(32(39)20-23)47-18-17-46-28-13-9-25(10-14-28)36(43)41-33-15-16-40-21-30(33)37(44)42(27-11-12-27)22-26-8-7-24-5-3-4-6-29(24)34(26)45-2;/h3-10,13-14,19-20,27,30,33,40H,11-12,15-18,21-22H2,1-2H3,(H,41,43);1H/t30?,33-;/m0./s1. The lowest BCUT2D eigenvalue weighted by molar-refractivity contribution is -0.138. The molecule has 2 aliphatic rings. The van der Waals surface area contributed by atoms with Gasteiger partial charge in [-0.25, -0.2) is 0 Å². The summed E-state index contributed by atoms with van der Waals surface area (Å²) >= 11 is 12.5. The maximum atomic E-state index is 14.1. The molecule has 0 aromatic heterocycles. The van der Waals surface area contributed by atoms with Gasteiger partial charge in [0, 0.05) is 41.7 Å². The molecule has 1 saturated carbocycles. The van der Waals surface area contributed by atoms with E-state index >= 15 is 0 Å². The number of nitrogens with zero attached hydrogens (tertiary/aromatic N) is 1. The summed E-state index contributed by atoms with van der Waals surface area (Å²) in [7, 11) is 1.68. The molecule has 8 nitrogen and oxygen atoms in total. The van der Waals surface area contributed by atoms with Crippen LogP contribution in [0, 0.1) is 12.8 Å². The van der Waals surface area contributed by atoms with Crippen molar-refractivity contribution in [2.24, 2.45) is 5.92 Å². The molecule has 1 heterocycles. The molecule has 1 saturated heterocycles. The topological polar surface area (TPSA) is 89.1 Å². The predicted molar refractivity (Wildman–Crippen MR) is 192 cm³/mol. The van der Waals surface area contributed by atoms with E-state index in [1.54, 1.807) is 43.5 Å². The lowest BCUT2D eigenvalue weighted by Crippen LogP contribution is -2.55. The Morgan fingerprint density at radius 3 is 2.33 bits per heavy atom. The van der Waals surface area contributed by atoms with E-state index in [2.05, 4.69) is 28.8 Å². The Labute approximate surface area is 297 Å². The highest BCUT2D eigenvalue weighted by molar-refractivity contribution is 6.37. The first-order valence-corrected chi connectivity index (χ1v) is 16.8. The Morgan fingerprint density at radius 1 is 0.917 bits per heavy atom. The van der Waals surface area contributed by atoms with Crippen molar-refractivity contribution in [2.45, 2.75) is 44.8 Å². The van der Waals surface area contributed by atoms with E-state index in [4.69, 9.17) is 37.4 Å². The van der Waals surface area contributed by atoms with Crippen molar-refractivity contribution in [2.75, 3.05) is 33.4 Å². The van der Waals surface area contributed by atoms with Gasteiger partial charge in [-0.15, -0.1) is 12.4 Å². The zero-order valence-electron chi connectivity index (χ0n) is 27.0. The molecular formula is C37H40Cl3N3O5. The molecule has 1 unspecified atom stereocenters. The van der Waals surface area contributed by atoms with Gasteiger partial charge in [0.05, 0.1) is 23.1 Å². The molecule has 0 bridgehead atoms. The fraction of sp³-hybridized carbons (Fsp3) is 0.351. The van der Waals surface area contributed by atoms with Crippen LogP contribution >= 0.6 is 35.6 Å². The Hall–Kier alpha value is -3.69. The molecule has 2 fully saturated rings. The van der Waals surface area contributed by atoms with Crippen LogP contribution in [0.15, 0.2) is 72.8 Å². The quantitative estimate of drug-likeness (QED) is 0.151. The molecule has 254 valence electrons. The second-order valence-corrected chi connectivity index (χ2v) is 12.9. The van der Waals surface area contributed by atoms with Gasteiger partial charge < -0.3 is 29.7 Å². The number of aryl methyl sites for hydroxylation is 1. The van der Waals surface area contributed by atoms with Crippen molar-refractivity contribution in [3.8, 4) is 17.2 Å². The number of halogens is 3. The Bertz CT molecular complexity index is 1730. The number of carbonyl (C=O) groups excluding carboxylic acids is 2. The maximum Gasteiger partial charge on any atom is 0.251 e. The molecule has 4 aromatic carbocycles. The molecule has 2 amide bonds. The van der Waals surface area contributed by atoms with Crippen LogP contribution in [0.1, 0.15) is 40.7 Å². The molecule has 11 heteroatoms. The number of nitrogens with one attached hydrogen (secondary N) is 2. The van der Waals surface area contributed by atoms with Crippen molar-refractivity contribution in [3.05, 3.63) is 99.5 Å². The summed E-state index contributed by atoms with van der Waals surface area (Å²) in [6, 6.07) is 22.7. The third-order valence-corrected chi connectivity index (χ3v) is 9.31. The summed E-state index contributed by atoms with van der Waals surface area (Å²) in [6.07, 6.45) is 2.62. The molecule has 1 aliphatic heterocycles. The summed E-state index contributed by atoms with van der Waals surface area (Å²) < 4.78 is 17.4. The van der Waals surface area contributed by atoms with Crippen molar-refractivity contribution < 1.29 is 23.8 Å². The van der Waals surface area contributed by atoms with Crippen molar-refractivity contribution in [1.82, 2.24) is 15.5 Å². The molecule has 2 atom stereocenters. The minimum absolute atomic E-state index is 0. The smallest absolute Gasteiger partial charge is 0.251 e. The second-order valence-electron chi connectivity index (χ2n) is 12.1. The zero-order valence-corrected chi connectivity index (χ0v) is 29.3. The molecular weight excluding hydrogens is 673 g/mol. The van der Waals surface area contributed by atoms with Gasteiger partial charge in [0.2, 0.25) is 5.91 Å². The van der Waals surface area contributed by atoms with Gasteiger partial charge >= 0.3 is 0 Å². The van der Waals surface area contributed by atoms with E-state index in [0.29, 0.717) is 46.6 Å². The number of rotatable bonds is 12. The first-order chi connectivity index (χ1) is 22.8. The minimum Gasteiger partial charge on any atom is -0.496 e. The summed E-state index contributed by atoms with van der Waals surface area (Å²) in [5.74, 6) is 1.29. The second kappa shape index (κ2) is 16.1. The number of ether oxygens (including phenoxy) is 3. The number of fused-ring (bicyclic) bond motifs is 1. The van der Waals surface area contributed by atoms with Crippen LogP contribution in [-0.4, -0.2) is 62.2 Å². The monoisotopic (exact) mass is 711 g/mol. The van der Waals surface area contributed by atoms with Crippen LogP contribution in [0.3, 0.4) is 0 Å². The summed E-state index contributed by atoms with van der Waals surface area (Å²) in [4.78, 5) is 29.5. The van der Waals surface area contributed by atoms with E-state index < -0.39 is 0 Å². The average Bonchev–Trinajstić information content (AvgIpc) is 3.92. The number of methoxy groups -OCH3 is 1. The maximum absolute atomic E-state index is 14.1. The lowest BCUT2D eigenvalue weighted by Gasteiger charge is -2.36. The summed E-state index contributed by atoms with van der Waals surface area (Å²) in [5.41, 5.74) is 2.43. The number of carbonyl (C=O) groups is 2. The number of benzene rings is 4. The third kappa shape index (κ3) is 8.29. The predicted octanol–water partition coefficient (Wildman–Crippen LogP) is 7.24.